The summed E-state index contributed by atoms with van der Waals surface area (Å²) in [5.41, 5.74) is 0.945. The van der Waals surface area contributed by atoms with E-state index in [0.29, 0.717) is 19.6 Å². The molecule has 2 aliphatic heterocycles. The average molecular weight is 471 g/mol. The summed E-state index contributed by atoms with van der Waals surface area (Å²) in [7, 11) is -3.98. The van der Waals surface area contributed by atoms with Gasteiger partial charge in [-0.15, -0.1) is 0 Å². The molecule has 1 aromatic carbocycles. The van der Waals surface area contributed by atoms with Crippen molar-refractivity contribution >= 4 is 10.1 Å². The van der Waals surface area contributed by atoms with E-state index in [1.165, 1.54) is 18.2 Å². The zero-order valence-electron chi connectivity index (χ0n) is 18.6. The van der Waals surface area contributed by atoms with Gasteiger partial charge in [0.1, 0.15) is 12.2 Å². The van der Waals surface area contributed by atoms with Gasteiger partial charge in [0.25, 0.3) is 10.1 Å². The Balaban J connectivity index is 1.57. The lowest BCUT2D eigenvalue weighted by Crippen LogP contribution is -2.38. The van der Waals surface area contributed by atoms with Crippen LogP contribution in [-0.4, -0.2) is 64.7 Å². The molecule has 2 unspecified atom stereocenters. The van der Waals surface area contributed by atoms with Crippen LogP contribution in [0.3, 0.4) is 0 Å². The quantitative estimate of drug-likeness (QED) is 0.389. The number of hydrogen-bond donors (Lipinski definition) is 1. The molecule has 9 heteroatoms. The van der Waals surface area contributed by atoms with Gasteiger partial charge >= 0.3 is 0 Å². The molecule has 2 saturated heterocycles. The Morgan fingerprint density at radius 1 is 1.06 bits per heavy atom. The van der Waals surface area contributed by atoms with Crippen molar-refractivity contribution in [1.29, 1.82) is 0 Å². The van der Waals surface area contributed by atoms with Crippen LogP contribution in [0.15, 0.2) is 41.3 Å². The molecule has 0 aliphatic carbocycles. The summed E-state index contributed by atoms with van der Waals surface area (Å²) in [6, 6.07) is 6.39. The fourth-order valence-corrected chi connectivity index (χ4v) is 4.40. The third-order valence-electron chi connectivity index (χ3n) is 5.39. The van der Waals surface area contributed by atoms with Gasteiger partial charge in [-0.25, -0.2) is 0 Å². The zero-order chi connectivity index (χ0) is 22.8. The molecule has 3 rings (SSSR count). The molecule has 2 fully saturated rings. The first-order valence-electron chi connectivity index (χ1n) is 11.2. The monoisotopic (exact) mass is 470 g/mol. The van der Waals surface area contributed by atoms with E-state index < -0.39 is 28.6 Å². The summed E-state index contributed by atoms with van der Waals surface area (Å²) in [5, 5.41) is 10.7. The molecule has 0 radical (unpaired) electrons. The minimum atomic E-state index is -3.98. The maximum Gasteiger partial charge on any atom is 0.297 e. The SMILES string of the molecule is Cc1ccc(S(=O)(=O)OC[C@@H](OC2CCCCO2)[C@@H](O)/C=C/COC2CCCCO2)cc1. The average Bonchev–Trinajstić information content (AvgIpc) is 2.81. The smallest absolute Gasteiger partial charge is 0.297 e. The van der Waals surface area contributed by atoms with Crippen LogP contribution in [0.5, 0.6) is 0 Å². The van der Waals surface area contributed by atoms with Crippen LogP contribution in [0.2, 0.25) is 0 Å². The second kappa shape index (κ2) is 12.8. The topological polar surface area (TPSA) is 101 Å². The molecule has 2 heterocycles. The van der Waals surface area contributed by atoms with E-state index >= 15 is 0 Å². The highest BCUT2D eigenvalue weighted by atomic mass is 32.2. The molecule has 0 saturated carbocycles. The summed E-state index contributed by atoms with van der Waals surface area (Å²) < 4.78 is 52.9. The van der Waals surface area contributed by atoms with Crippen molar-refractivity contribution in [2.45, 2.75) is 75.1 Å². The standard InChI is InChI=1S/C23H34O8S/c1-18-10-12-19(13-11-18)32(25,26)30-17-21(31-23-9-3-5-15-29-23)20(24)7-6-16-28-22-8-2-4-14-27-22/h6-7,10-13,20-24H,2-5,8-9,14-17H2,1H3/b7-6+/t20-,21+,22?,23?/m0/s1. The number of rotatable bonds is 11. The summed E-state index contributed by atoms with van der Waals surface area (Å²) in [6.07, 6.45) is 6.01. The van der Waals surface area contributed by atoms with Crippen LogP contribution in [0.4, 0.5) is 0 Å². The molecule has 32 heavy (non-hydrogen) atoms. The van der Waals surface area contributed by atoms with Crippen LogP contribution in [0.1, 0.15) is 44.1 Å². The van der Waals surface area contributed by atoms with E-state index in [4.69, 9.17) is 23.1 Å². The molecule has 0 aromatic heterocycles. The third kappa shape index (κ3) is 8.22. The minimum absolute atomic E-state index is 0.0571. The van der Waals surface area contributed by atoms with E-state index in [0.717, 1.165) is 37.7 Å². The van der Waals surface area contributed by atoms with Crippen LogP contribution in [-0.2, 0) is 33.2 Å². The highest BCUT2D eigenvalue weighted by Crippen LogP contribution is 2.20. The van der Waals surface area contributed by atoms with Crippen LogP contribution in [0.25, 0.3) is 0 Å². The van der Waals surface area contributed by atoms with Crippen LogP contribution >= 0.6 is 0 Å². The Hall–Kier alpha value is -1.33. The third-order valence-corrected chi connectivity index (χ3v) is 6.69. The fourth-order valence-electron chi connectivity index (χ4n) is 3.49. The van der Waals surface area contributed by atoms with Crippen molar-refractivity contribution in [3.05, 3.63) is 42.0 Å². The fraction of sp³-hybridized carbons (Fsp3) is 0.652. The van der Waals surface area contributed by atoms with Gasteiger partial charge in [0.2, 0.25) is 0 Å². The Bertz CT molecular complexity index is 796. The van der Waals surface area contributed by atoms with Gasteiger partial charge in [-0.05, 0) is 57.6 Å². The number of aliphatic hydroxyl groups excluding tert-OH is 1. The molecule has 1 aromatic rings. The second-order valence-corrected chi connectivity index (χ2v) is 9.69. The van der Waals surface area contributed by atoms with Crippen molar-refractivity contribution in [2.75, 3.05) is 26.4 Å². The Morgan fingerprint density at radius 2 is 1.72 bits per heavy atom. The summed E-state index contributed by atoms with van der Waals surface area (Å²) in [4.78, 5) is 0.0571. The van der Waals surface area contributed by atoms with Gasteiger partial charge < -0.3 is 24.1 Å². The number of aryl methyl sites for hydroxylation is 1. The Kier molecular flexibility index (Phi) is 10.1. The maximum absolute atomic E-state index is 12.6. The van der Waals surface area contributed by atoms with E-state index in [2.05, 4.69) is 0 Å². The van der Waals surface area contributed by atoms with E-state index in [-0.39, 0.29) is 24.4 Å². The molecule has 1 N–H and O–H groups in total. The predicted molar refractivity (Wildman–Crippen MR) is 117 cm³/mol. The number of aliphatic hydroxyl groups is 1. The van der Waals surface area contributed by atoms with Crippen LogP contribution in [0, 0.1) is 6.92 Å². The first kappa shape index (κ1) is 25.3. The van der Waals surface area contributed by atoms with Gasteiger partial charge in [-0.2, -0.15) is 8.42 Å². The van der Waals surface area contributed by atoms with Gasteiger partial charge in [0, 0.05) is 13.2 Å². The first-order chi connectivity index (χ1) is 15.4. The van der Waals surface area contributed by atoms with Crippen LogP contribution < -0.4 is 0 Å². The second-order valence-electron chi connectivity index (χ2n) is 8.07. The summed E-state index contributed by atoms with van der Waals surface area (Å²) >= 11 is 0. The lowest BCUT2D eigenvalue weighted by Gasteiger charge is -2.29. The lowest BCUT2D eigenvalue weighted by molar-refractivity contribution is -0.207. The van der Waals surface area contributed by atoms with Crippen molar-refractivity contribution in [2.24, 2.45) is 0 Å². The number of hydrogen-bond acceptors (Lipinski definition) is 8. The molecular weight excluding hydrogens is 436 g/mol. The molecule has 0 amide bonds. The predicted octanol–water partition coefficient (Wildman–Crippen LogP) is 3.07. The summed E-state index contributed by atoms with van der Waals surface area (Å²) in [5.74, 6) is 0. The highest BCUT2D eigenvalue weighted by Gasteiger charge is 2.27. The summed E-state index contributed by atoms with van der Waals surface area (Å²) in [6.45, 7) is 3.07. The maximum atomic E-state index is 12.6. The van der Waals surface area contributed by atoms with Gasteiger partial charge in [0.15, 0.2) is 12.6 Å². The molecule has 0 bridgehead atoms. The van der Waals surface area contributed by atoms with Crippen molar-refractivity contribution in [3.8, 4) is 0 Å². The lowest BCUT2D eigenvalue weighted by atomic mass is 10.1. The Labute approximate surface area is 190 Å². The highest BCUT2D eigenvalue weighted by molar-refractivity contribution is 7.86. The number of benzene rings is 1. The molecule has 0 spiro atoms. The largest absolute Gasteiger partial charge is 0.386 e. The van der Waals surface area contributed by atoms with Crippen molar-refractivity contribution in [3.63, 3.8) is 0 Å². The Morgan fingerprint density at radius 3 is 2.34 bits per heavy atom. The van der Waals surface area contributed by atoms with Gasteiger partial charge in [-0.3, -0.25) is 4.18 Å². The first-order valence-corrected chi connectivity index (χ1v) is 12.7. The molecule has 8 nitrogen and oxygen atoms in total. The minimum Gasteiger partial charge on any atom is -0.386 e. The van der Waals surface area contributed by atoms with E-state index in [9.17, 15) is 13.5 Å². The van der Waals surface area contributed by atoms with E-state index in [1.807, 2.05) is 6.92 Å². The van der Waals surface area contributed by atoms with Gasteiger partial charge in [-0.1, -0.05) is 29.8 Å². The van der Waals surface area contributed by atoms with Crippen molar-refractivity contribution in [1.82, 2.24) is 0 Å². The molecule has 180 valence electrons. The van der Waals surface area contributed by atoms with Crippen molar-refractivity contribution < 1.29 is 36.7 Å². The zero-order valence-corrected chi connectivity index (χ0v) is 19.4. The van der Waals surface area contributed by atoms with Gasteiger partial charge in [0.05, 0.1) is 18.1 Å². The van der Waals surface area contributed by atoms with E-state index in [1.54, 1.807) is 18.2 Å². The molecule has 4 atom stereocenters. The number of ether oxygens (including phenoxy) is 4. The molecular formula is C23H34O8S. The molecule has 2 aliphatic rings. The normalized spacial score (nSPS) is 24.4.